The minimum atomic E-state index is -0.851. The average molecular weight is 354 g/mol. The van der Waals surface area contributed by atoms with Gasteiger partial charge in [-0.15, -0.1) is 0 Å². The van der Waals surface area contributed by atoms with E-state index in [2.05, 4.69) is 5.32 Å². The molecule has 6 nitrogen and oxygen atoms in total. The van der Waals surface area contributed by atoms with Gasteiger partial charge in [-0.3, -0.25) is 4.90 Å². The van der Waals surface area contributed by atoms with Crippen LogP contribution in [0.25, 0.3) is 0 Å². The highest BCUT2D eigenvalue weighted by molar-refractivity contribution is 5.96. The summed E-state index contributed by atoms with van der Waals surface area (Å²) in [7, 11) is 3.22. The maximum Gasteiger partial charge on any atom is 0.325 e. The number of nitrogens with one attached hydrogen (secondary N) is 1. The molecule has 0 radical (unpaired) electrons. The number of urea groups is 1. The van der Waals surface area contributed by atoms with E-state index in [0.29, 0.717) is 29.4 Å². The summed E-state index contributed by atoms with van der Waals surface area (Å²) < 4.78 is 17.3. The number of aryl methyl sites for hydroxylation is 1. The summed E-state index contributed by atoms with van der Waals surface area (Å²) in [4.78, 5) is 14.6. The van der Waals surface area contributed by atoms with Gasteiger partial charge < -0.3 is 19.5 Å². The number of carbonyl (C=O) groups excluding carboxylic acids is 1. The normalized spacial score (nSPS) is 23.6. The van der Waals surface area contributed by atoms with Gasteiger partial charge >= 0.3 is 6.03 Å². The molecule has 0 unspecified atom stereocenters. The summed E-state index contributed by atoms with van der Waals surface area (Å²) in [5.41, 5.74) is 1.80. The maximum absolute atomic E-state index is 13.0. The second-order valence-electron chi connectivity index (χ2n) is 6.87. The van der Waals surface area contributed by atoms with E-state index in [0.717, 1.165) is 11.1 Å². The van der Waals surface area contributed by atoms with E-state index in [1.165, 1.54) is 0 Å². The third-order valence-electron chi connectivity index (χ3n) is 5.06. The predicted octanol–water partition coefficient (Wildman–Crippen LogP) is 3.78. The fourth-order valence-electron chi connectivity index (χ4n) is 3.86. The highest BCUT2D eigenvalue weighted by atomic mass is 16.5. The van der Waals surface area contributed by atoms with Crippen molar-refractivity contribution in [3.8, 4) is 17.2 Å². The lowest BCUT2D eigenvalue weighted by Crippen LogP contribution is -2.65. The molecule has 2 aromatic carbocycles. The molecule has 2 aliphatic rings. The Bertz CT molecular complexity index is 882. The lowest BCUT2D eigenvalue weighted by atomic mass is 9.89. The highest BCUT2D eigenvalue weighted by Gasteiger charge is 2.51. The minimum absolute atomic E-state index is 0.126. The largest absolute Gasteiger partial charge is 0.495 e. The number of para-hydroxylation sites is 1. The van der Waals surface area contributed by atoms with E-state index >= 15 is 0 Å². The van der Waals surface area contributed by atoms with Crippen molar-refractivity contribution in [3.05, 3.63) is 47.5 Å². The van der Waals surface area contributed by atoms with Crippen molar-refractivity contribution < 1.29 is 19.0 Å². The first kappa shape index (κ1) is 16.6. The van der Waals surface area contributed by atoms with Gasteiger partial charge in [-0.2, -0.15) is 0 Å². The Labute approximate surface area is 152 Å². The van der Waals surface area contributed by atoms with Crippen LogP contribution in [0.3, 0.4) is 0 Å². The molecule has 4 rings (SSSR count). The van der Waals surface area contributed by atoms with Crippen molar-refractivity contribution in [2.45, 2.75) is 32.0 Å². The summed E-state index contributed by atoms with van der Waals surface area (Å²) >= 11 is 0. The lowest BCUT2D eigenvalue weighted by Gasteiger charge is -2.50. The maximum atomic E-state index is 13.0. The van der Waals surface area contributed by atoms with Crippen LogP contribution in [0.5, 0.6) is 17.2 Å². The van der Waals surface area contributed by atoms with E-state index in [1.807, 2.05) is 50.2 Å². The Morgan fingerprint density at radius 2 is 1.96 bits per heavy atom. The van der Waals surface area contributed by atoms with Gasteiger partial charge in [0.15, 0.2) is 17.2 Å². The van der Waals surface area contributed by atoms with Crippen molar-refractivity contribution in [2.75, 3.05) is 19.1 Å². The number of carbonyl (C=O) groups is 1. The summed E-state index contributed by atoms with van der Waals surface area (Å²) in [6.45, 7) is 3.91. The van der Waals surface area contributed by atoms with Crippen LogP contribution in [0, 0.1) is 6.92 Å². The molecule has 2 amide bonds. The number of amides is 2. The first-order chi connectivity index (χ1) is 12.5. The zero-order valence-corrected chi connectivity index (χ0v) is 15.3. The molecule has 2 bridgehead atoms. The quantitative estimate of drug-likeness (QED) is 0.911. The SMILES string of the molecule is COc1ccc(C)cc1N1C(=O)N[C@@H]2C[C@@]1(C)Oc1c(OC)cccc12. The van der Waals surface area contributed by atoms with Gasteiger partial charge in [-0.05, 0) is 37.6 Å². The third-order valence-corrected chi connectivity index (χ3v) is 5.06. The molecule has 0 saturated carbocycles. The Kier molecular flexibility index (Phi) is 3.72. The van der Waals surface area contributed by atoms with Gasteiger partial charge in [0.2, 0.25) is 0 Å². The standard InChI is InChI=1S/C20H22N2O4/c1-12-8-9-16(24-3)15(10-12)22-19(23)21-14-11-20(22,2)26-18-13(14)6-5-7-17(18)25-4/h5-10,14H,11H2,1-4H3,(H,21,23)/t14-,20-/m1/s1. The van der Waals surface area contributed by atoms with Crippen LogP contribution in [-0.2, 0) is 0 Å². The summed E-state index contributed by atoms with van der Waals surface area (Å²) in [5.74, 6) is 1.95. The molecular formula is C20H22N2O4. The van der Waals surface area contributed by atoms with Crippen LogP contribution in [0.4, 0.5) is 10.5 Å². The molecule has 26 heavy (non-hydrogen) atoms. The van der Waals surface area contributed by atoms with Crippen LogP contribution in [0.1, 0.15) is 30.5 Å². The second kappa shape index (κ2) is 5.83. The number of methoxy groups -OCH3 is 2. The monoisotopic (exact) mass is 354 g/mol. The van der Waals surface area contributed by atoms with Gasteiger partial charge in [-0.1, -0.05) is 18.2 Å². The Morgan fingerprint density at radius 1 is 1.19 bits per heavy atom. The Morgan fingerprint density at radius 3 is 2.69 bits per heavy atom. The number of nitrogens with zero attached hydrogens (tertiary/aromatic N) is 1. The number of benzene rings is 2. The van der Waals surface area contributed by atoms with Crippen molar-refractivity contribution in [3.63, 3.8) is 0 Å². The molecule has 136 valence electrons. The van der Waals surface area contributed by atoms with Crippen molar-refractivity contribution in [1.29, 1.82) is 0 Å². The van der Waals surface area contributed by atoms with Crippen LogP contribution >= 0.6 is 0 Å². The molecule has 1 fully saturated rings. The fraction of sp³-hybridized carbons (Fsp3) is 0.350. The molecule has 1 saturated heterocycles. The number of fused-ring (bicyclic) bond motifs is 4. The van der Waals surface area contributed by atoms with Crippen molar-refractivity contribution >= 4 is 11.7 Å². The summed E-state index contributed by atoms with van der Waals surface area (Å²) in [6.07, 6.45) is 0.621. The van der Waals surface area contributed by atoms with Crippen LogP contribution < -0.4 is 24.4 Å². The lowest BCUT2D eigenvalue weighted by molar-refractivity contribution is 0.0346. The highest BCUT2D eigenvalue weighted by Crippen LogP contribution is 2.50. The van der Waals surface area contributed by atoms with Gasteiger partial charge in [0, 0.05) is 12.0 Å². The number of rotatable bonds is 3. The zero-order valence-electron chi connectivity index (χ0n) is 15.3. The first-order valence-corrected chi connectivity index (χ1v) is 8.58. The van der Waals surface area contributed by atoms with E-state index in [1.54, 1.807) is 19.1 Å². The molecule has 0 spiro atoms. The molecule has 0 aliphatic carbocycles. The van der Waals surface area contributed by atoms with Gasteiger partial charge in [0.1, 0.15) is 5.75 Å². The molecule has 1 N–H and O–H groups in total. The number of hydrogen-bond acceptors (Lipinski definition) is 4. The minimum Gasteiger partial charge on any atom is -0.495 e. The van der Waals surface area contributed by atoms with Crippen LogP contribution in [0.2, 0.25) is 0 Å². The number of hydrogen-bond donors (Lipinski definition) is 1. The molecular weight excluding hydrogens is 332 g/mol. The van der Waals surface area contributed by atoms with E-state index in [9.17, 15) is 4.79 Å². The summed E-state index contributed by atoms with van der Waals surface area (Å²) in [5, 5.41) is 3.10. The molecule has 6 heteroatoms. The van der Waals surface area contributed by atoms with Crippen LogP contribution in [0.15, 0.2) is 36.4 Å². The predicted molar refractivity (Wildman–Crippen MR) is 98.1 cm³/mol. The Balaban J connectivity index is 1.86. The molecule has 2 heterocycles. The average Bonchev–Trinajstić information content (AvgIpc) is 2.61. The van der Waals surface area contributed by atoms with Crippen LogP contribution in [-0.4, -0.2) is 26.0 Å². The van der Waals surface area contributed by atoms with Gasteiger partial charge in [0.05, 0.1) is 25.9 Å². The summed E-state index contributed by atoms with van der Waals surface area (Å²) in [6, 6.07) is 11.2. The Hall–Kier alpha value is -2.89. The van der Waals surface area contributed by atoms with Gasteiger partial charge in [0.25, 0.3) is 0 Å². The van der Waals surface area contributed by atoms with Crippen molar-refractivity contribution in [2.24, 2.45) is 0 Å². The van der Waals surface area contributed by atoms with E-state index in [4.69, 9.17) is 14.2 Å². The van der Waals surface area contributed by atoms with Crippen molar-refractivity contribution in [1.82, 2.24) is 5.32 Å². The zero-order chi connectivity index (χ0) is 18.5. The van der Waals surface area contributed by atoms with Gasteiger partial charge in [-0.25, -0.2) is 4.79 Å². The first-order valence-electron chi connectivity index (χ1n) is 8.58. The smallest absolute Gasteiger partial charge is 0.325 e. The number of anilines is 1. The van der Waals surface area contributed by atoms with E-state index < -0.39 is 5.72 Å². The molecule has 2 atom stereocenters. The molecule has 2 aliphatic heterocycles. The second-order valence-corrected chi connectivity index (χ2v) is 6.87. The molecule has 0 aromatic heterocycles. The van der Waals surface area contributed by atoms with E-state index in [-0.39, 0.29) is 12.1 Å². The number of ether oxygens (including phenoxy) is 3. The molecule has 2 aromatic rings. The third kappa shape index (κ3) is 2.36. The fourth-order valence-corrected chi connectivity index (χ4v) is 3.86. The topological polar surface area (TPSA) is 60.0 Å².